The van der Waals surface area contributed by atoms with Gasteiger partial charge in [0.1, 0.15) is 0 Å². The molecule has 0 spiro atoms. The summed E-state index contributed by atoms with van der Waals surface area (Å²) in [6.45, 7) is 6.86. The number of aryl methyl sites for hydroxylation is 1. The molecule has 2 rings (SSSR count). The molecule has 20 heavy (non-hydrogen) atoms. The smallest absolute Gasteiger partial charge is 0.243 e. The molecule has 1 atom stereocenters. The zero-order chi connectivity index (χ0) is 15.2. The minimum absolute atomic E-state index is 0.0116. The van der Waals surface area contributed by atoms with Gasteiger partial charge in [0, 0.05) is 20.2 Å². The Kier molecular flexibility index (Phi) is 6.65. The molecule has 0 aliphatic carbocycles. The number of ether oxygens (including phenoxy) is 1. The van der Waals surface area contributed by atoms with Crippen LogP contribution in [-0.2, 0) is 14.8 Å². The normalized spacial score (nSPS) is 20.1. The first-order chi connectivity index (χ1) is 9.55. The first-order valence-electron chi connectivity index (χ1n) is 7.14. The van der Waals surface area contributed by atoms with Gasteiger partial charge in [-0.15, -0.1) is 0 Å². The summed E-state index contributed by atoms with van der Waals surface area (Å²) in [4.78, 5) is 0.404. The maximum absolute atomic E-state index is 12.5. The third-order valence-electron chi connectivity index (χ3n) is 3.39. The molecular weight excluding hydrogens is 274 g/mol. The highest BCUT2D eigenvalue weighted by molar-refractivity contribution is 7.89. The van der Waals surface area contributed by atoms with Crippen LogP contribution in [0.3, 0.4) is 0 Å². The highest BCUT2D eigenvalue weighted by Crippen LogP contribution is 2.23. The molecule has 0 bridgehead atoms. The molecule has 1 fully saturated rings. The summed E-state index contributed by atoms with van der Waals surface area (Å²) >= 11 is 0. The average molecular weight is 299 g/mol. The van der Waals surface area contributed by atoms with Crippen molar-refractivity contribution >= 4 is 10.0 Å². The van der Waals surface area contributed by atoms with Gasteiger partial charge in [-0.2, -0.15) is 4.31 Å². The third-order valence-corrected chi connectivity index (χ3v) is 5.41. The number of hydrogen-bond acceptors (Lipinski definition) is 3. The van der Waals surface area contributed by atoms with E-state index in [4.69, 9.17) is 4.74 Å². The van der Waals surface area contributed by atoms with Gasteiger partial charge in [0.05, 0.1) is 11.0 Å². The van der Waals surface area contributed by atoms with Crippen molar-refractivity contribution in [3.8, 4) is 0 Å². The van der Waals surface area contributed by atoms with Gasteiger partial charge in [0.2, 0.25) is 10.0 Å². The number of rotatable bonds is 3. The van der Waals surface area contributed by atoms with Gasteiger partial charge in [0.15, 0.2) is 0 Å². The van der Waals surface area contributed by atoms with Crippen molar-refractivity contribution in [2.75, 3.05) is 20.2 Å². The van der Waals surface area contributed by atoms with E-state index in [1.807, 2.05) is 32.9 Å². The quantitative estimate of drug-likeness (QED) is 0.862. The van der Waals surface area contributed by atoms with E-state index < -0.39 is 10.0 Å². The fourth-order valence-electron chi connectivity index (χ4n) is 2.30. The monoisotopic (exact) mass is 299 g/mol. The number of benzene rings is 1. The SMILES string of the molecule is CC.COC1CCCN(S(=O)(=O)c2ccccc2C)C1. The van der Waals surface area contributed by atoms with Crippen molar-refractivity contribution in [1.29, 1.82) is 0 Å². The number of hydrogen-bond donors (Lipinski definition) is 0. The van der Waals surface area contributed by atoms with Gasteiger partial charge in [-0.1, -0.05) is 32.0 Å². The average Bonchev–Trinajstić information content (AvgIpc) is 2.49. The van der Waals surface area contributed by atoms with Crippen LogP contribution in [0.2, 0.25) is 0 Å². The van der Waals surface area contributed by atoms with E-state index in [-0.39, 0.29) is 6.10 Å². The molecule has 1 saturated heterocycles. The van der Waals surface area contributed by atoms with Crippen LogP contribution < -0.4 is 0 Å². The van der Waals surface area contributed by atoms with E-state index in [0.29, 0.717) is 18.0 Å². The van der Waals surface area contributed by atoms with E-state index in [9.17, 15) is 8.42 Å². The van der Waals surface area contributed by atoms with Crippen LogP contribution in [-0.4, -0.2) is 39.0 Å². The molecule has 0 amide bonds. The lowest BCUT2D eigenvalue weighted by atomic mass is 10.1. The van der Waals surface area contributed by atoms with Crippen LogP contribution in [0, 0.1) is 6.92 Å². The molecule has 1 aliphatic heterocycles. The van der Waals surface area contributed by atoms with Crippen molar-refractivity contribution in [3.63, 3.8) is 0 Å². The second kappa shape index (κ2) is 7.76. The molecular formula is C15H25NO3S. The van der Waals surface area contributed by atoms with Crippen LogP contribution in [0.1, 0.15) is 32.3 Å². The summed E-state index contributed by atoms with van der Waals surface area (Å²) in [7, 11) is -1.75. The lowest BCUT2D eigenvalue weighted by Gasteiger charge is -2.31. The van der Waals surface area contributed by atoms with Crippen LogP contribution >= 0.6 is 0 Å². The topological polar surface area (TPSA) is 46.6 Å². The lowest BCUT2D eigenvalue weighted by molar-refractivity contribution is 0.0572. The van der Waals surface area contributed by atoms with Crippen molar-refractivity contribution in [1.82, 2.24) is 4.31 Å². The Balaban J connectivity index is 0.000000956. The van der Waals surface area contributed by atoms with E-state index in [1.165, 1.54) is 4.31 Å². The molecule has 0 radical (unpaired) electrons. The first kappa shape index (κ1) is 17.1. The van der Waals surface area contributed by atoms with Crippen molar-refractivity contribution in [3.05, 3.63) is 29.8 Å². The van der Waals surface area contributed by atoms with Crippen LogP contribution in [0.5, 0.6) is 0 Å². The summed E-state index contributed by atoms with van der Waals surface area (Å²) in [6.07, 6.45) is 1.79. The van der Waals surface area contributed by atoms with Crippen LogP contribution in [0.4, 0.5) is 0 Å². The van der Waals surface area contributed by atoms with Crippen LogP contribution in [0.15, 0.2) is 29.2 Å². The molecule has 0 saturated carbocycles. The first-order valence-corrected chi connectivity index (χ1v) is 8.58. The van der Waals surface area contributed by atoms with E-state index in [1.54, 1.807) is 19.2 Å². The summed E-state index contributed by atoms with van der Waals surface area (Å²) in [5.74, 6) is 0. The zero-order valence-electron chi connectivity index (χ0n) is 12.8. The molecule has 0 aromatic heterocycles. The standard InChI is InChI=1S/C13H19NO3S.C2H6/c1-11-6-3-4-8-13(11)18(15,16)14-9-5-7-12(10-14)17-2;1-2/h3-4,6,8,12H,5,7,9-10H2,1-2H3;1-2H3. The maximum atomic E-state index is 12.5. The number of methoxy groups -OCH3 is 1. The van der Waals surface area contributed by atoms with Crippen molar-refractivity contribution in [2.45, 2.75) is 44.6 Å². The molecule has 1 heterocycles. The second-order valence-electron chi connectivity index (χ2n) is 4.63. The largest absolute Gasteiger partial charge is 0.380 e. The Morgan fingerprint density at radius 2 is 1.90 bits per heavy atom. The summed E-state index contributed by atoms with van der Waals surface area (Å²) < 4.78 is 31.9. The lowest BCUT2D eigenvalue weighted by Crippen LogP contribution is -2.42. The van der Waals surface area contributed by atoms with E-state index in [2.05, 4.69) is 0 Å². The summed E-state index contributed by atoms with van der Waals surface area (Å²) in [5, 5.41) is 0. The van der Waals surface area contributed by atoms with Crippen molar-refractivity contribution in [2.24, 2.45) is 0 Å². The summed E-state index contributed by atoms with van der Waals surface area (Å²) in [6, 6.07) is 7.10. The Morgan fingerprint density at radius 3 is 2.50 bits per heavy atom. The highest BCUT2D eigenvalue weighted by Gasteiger charge is 2.30. The minimum atomic E-state index is -3.38. The maximum Gasteiger partial charge on any atom is 0.243 e. The second-order valence-corrected chi connectivity index (χ2v) is 6.53. The van der Waals surface area contributed by atoms with Gasteiger partial charge in [-0.3, -0.25) is 0 Å². The minimum Gasteiger partial charge on any atom is -0.380 e. The van der Waals surface area contributed by atoms with Gasteiger partial charge in [-0.25, -0.2) is 8.42 Å². The molecule has 4 nitrogen and oxygen atoms in total. The Labute approximate surface area is 122 Å². The highest BCUT2D eigenvalue weighted by atomic mass is 32.2. The van der Waals surface area contributed by atoms with E-state index in [0.717, 1.165) is 18.4 Å². The number of sulfonamides is 1. The molecule has 5 heteroatoms. The molecule has 1 unspecified atom stereocenters. The predicted octanol–water partition coefficient (Wildman–Crippen LogP) is 2.82. The van der Waals surface area contributed by atoms with Crippen molar-refractivity contribution < 1.29 is 13.2 Å². The molecule has 1 aromatic rings. The van der Waals surface area contributed by atoms with Gasteiger partial charge in [0.25, 0.3) is 0 Å². The van der Waals surface area contributed by atoms with Crippen LogP contribution in [0.25, 0.3) is 0 Å². The third kappa shape index (κ3) is 3.81. The fraction of sp³-hybridized carbons (Fsp3) is 0.600. The van der Waals surface area contributed by atoms with Gasteiger partial charge in [-0.05, 0) is 31.4 Å². The Morgan fingerprint density at radius 1 is 1.25 bits per heavy atom. The summed E-state index contributed by atoms with van der Waals surface area (Å²) in [5.41, 5.74) is 0.789. The molecule has 1 aliphatic rings. The zero-order valence-corrected chi connectivity index (χ0v) is 13.6. The number of piperidine rings is 1. The number of nitrogens with zero attached hydrogens (tertiary/aromatic N) is 1. The van der Waals surface area contributed by atoms with Gasteiger partial charge < -0.3 is 4.74 Å². The molecule has 114 valence electrons. The Hall–Kier alpha value is -0.910. The Bertz CT molecular complexity index is 514. The fourth-order valence-corrected chi connectivity index (χ4v) is 4.04. The van der Waals surface area contributed by atoms with Gasteiger partial charge >= 0.3 is 0 Å². The van der Waals surface area contributed by atoms with E-state index >= 15 is 0 Å². The molecule has 0 N–H and O–H groups in total. The molecule has 1 aromatic carbocycles. The predicted molar refractivity (Wildman–Crippen MR) is 81.3 cm³/mol.